The number of hydrogen-bond acceptors (Lipinski definition) is 3. The first-order valence-electron chi connectivity index (χ1n) is 4.94. The molecular formula is C10H20N4. The third-order valence-electron chi connectivity index (χ3n) is 2.63. The molecule has 4 heteroatoms. The van der Waals surface area contributed by atoms with Gasteiger partial charge in [0.1, 0.15) is 5.82 Å². The lowest BCUT2D eigenvalue weighted by Crippen LogP contribution is -2.29. The molecule has 0 aromatic carbocycles. The van der Waals surface area contributed by atoms with E-state index in [1.54, 1.807) is 0 Å². The lowest BCUT2D eigenvalue weighted by Gasteiger charge is -2.24. The minimum absolute atomic E-state index is 0.454. The molecule has 1 aromatic rings. The van der Waals surface area contributed by atoms with Crippen molar-refractivity contribution >= 4 is 5.82 Å². The summed E-state index contributed by atoms with van der Waals surface area (Å²) in [6, 6.07) is 0.454. The fraction of sp³-hybridized carbons (Fsp3) is 0.700. The van der Waals surface area contributed by atoms with Gasteiger partial charge in [0.05, 0.1) is 5.69 Å². The number of rotatable bonds is 3. The second kappa shape index (κ2) is 4.00. The Bertz CT molecular complexity index is 314. The van der Waals surface area contributed by atoms with Gasteiger partial charge in [-0.05, 0) is 20.8 Å². The molecule has 0 fully saturated rings. The first kappa shape index (κ1) is 11.0. The highest BCUT2D eigenvalue weighted by atomic mass is 15.4. The lowest BCUT2D eigenvalue weighted by molar-refractivity contribution is 0.679. The normalized spacial score (nSPS) is 11.1. The highest BCUT2D eigenvalue weighted by molar-refractivity contribution is 5.50. The SMILES string of the molecule is Cc1nn(C)c(N(C)C(C)C)c1CN. The van der Waals surface area contributed by atoms with Crippen LogP contribution in [0, 0.1) is 6.92 Å². The predicted molar refractivity (Wildman–Crippen MR) is 59.4 cm³/mol. The predicted octanol–water partition coefficient (Wildman–Crippen LogP) is 1.03. The zero-order valence-corrected chi connectivity index (χ0v) is 9.70. The van der Waals surface area contributed by atoms with Crippen LogP contribution in [0.25, 0.3) is 0 Å². The zero-order valence-electron chi connectivity index (χ0n) is 9.70. The average molecular weight is 196 g/mol. The van der Waals surface area contributed by atoms with Crippen LogP contribution in [0.5, 0.6) is 0 Å². The maximum Gasteiger partial charge on any atom is 0.131 e. The van der Waals surface area contributed by atoms with Gasteiger partial charge in [-0.15, -0.1) is 0 Å². The number of aromatic nitrogens is 2. The van der Waals surface area contributed by atoms with Crippen LogP contribution in [-0.2, 0) is 13.6 Å². The highest BCUT2D eigenvalue weighted by Gasteiger charge is 2.16. The Hall–Kier alpha value is -1.03. The van der Waals surface area contributed by atoms with Gasteiger partial charge in [-0.2, -0.15) is 5.10 Å². The molecule has 80 valence electrons. The Balaban J connectivity index is 3.17. The molecule has 0 amide bonds. The fourth-order valence-corrected chi connectivity index (χ4v) is 1.61. The summed E-state index contributed by atoms with van der Waals surface area (Å²) in [5.74, 6) is 1.13. The molecule has 0 unspecified atom stereocenters. The third-order valence-corrected chi connectivity index (χ3v) is 2.63. The van der Waals surface area contributed by atoms with Crippen molar-refractivity contribution in [2.75, 3.05) is 11.9 Å². The highest BCUT2D eigenvalue weighted by Crippen LogP contribution is 2.22. The van der Waals surface area contributed by atoms with E-state index in [0.717, 1.165) is 17.1 Å². The van der Waals surface area contributed by atoms with Crippen LogP contribution in [-0.4, -0.2) is 22.9 Å². The number of anilines is 1. The second-order valence-electron chi connectivity index (χ2n) is 3.92. The van der Waals surface area contributed by atoms with E-state index in [4.69, 9.17) is 5.73 Å². The standard InChI is InChI=1S/C10H20N4/c1-7(2)13(4)10-9(6-11)8(3)12-14(10)5/h7H,6,11H2,1-5H3. The molecule has 0 aliphatic rings. The van der Waals surface area contributed by atoms with E-state index >= 15 is 0 Å². The third kappa shape index (κ3) is 1.75. The fourth-order valence-electron chi connectivity index (χ4n) is 1.61. The van der Waals surface area contributed by atoms with Crippen LogP contribution in [0.1, 0.15) is 25.1 Å². The summed E-state index contributed by atoms with van der Waals surface area (Å²) in [4.78, 5) is 2.20. The van der Waals surface area contributed by atoms with Gasteiger partial charge in [0, 0.05) is 32.2 Å². The van der Waals surface area contributed by atoms with Crippen molar-refractivity contribution in [3.05, 3.63) is 11.3 Å². The number of aryl methyl sites for hydroxylation is 2. The molecule has 0 bridgehead atoms. The zero-order chi connectivity index (χ0) is 10.9. The van der Waals surface area contributed by atoms with E-state index in [1.807, 2.05) is 18.7 Å². The van der Waals surface area contributed by atoms with Gasteiger partial charge < -0.3 is 10.6 Å². The van der Waals surface area contributed by atoms with Crippen LogP contribution in [0.3, 0.4) is 0 Å². The van der Waals surface area contributed by atoms with E-state index in [0.29, 0.717) is 12.6 Å². The van der Waals surface area contributed by atoms with Crippen molar-refractivity contribution in [3.8, 4) is 0 Å². The summed E-state index contributed by atoms with van der Waals surface area (Å²) in [6.07, 6.45) is 0. The maximum atomic E-state index is 5.72. The van der Waals surface area contributed by atoms with E-state index in [1.165, 1.54) is 0 Å². The van der Waals surface area contributed by atoms with Crippen LogP contribution in [0.2, 0.25) is 0 Å². The Morgan fingerprint density at radius 1 is 1.50 bits per heavy atom. The number of nitrogens with two attached hydrogens (primary N) is 1. The molecule has 14 heavy (non-hydrogen) atoms. The average Bonchev–Trinajstić information content (AvgIpc) is 2.38. The molecule has 0 aliphatic heterocycles. The molecule has 2 N–H and O–H groups in total. The molecule has 1 rings (SSSR count). The van der Waals surface area contributed by atoms with Gasteiger partial charge in [0.2, 0.25) is 0 Å². The first-order valence-corrected chi connectivity index (χ1v) is 4.94. The van der Waals surface area contributed by atoms with E-state index in [-0.39, 0.29) is 0 Å². The van der Waals surface area contributed by atoms with Crippen molar-refractivity contribution in [2.45, 2.75) is 33.4 Å². The maximum absolute atomic E-state index is 5.72. The van der Waals surface area contributed by atoms with Crippen molar-refractivity contribution in [1.29, 1.82) is 0 Å². The molecule has 0 aliphatic carbocycles. The summed E-state index contributed by atoms with van der Waals surface area (Å²) in [6.45, 7) is 6.86. The van der Waals surface area contributed by atoms with Crippen molar-refractivity contribution in [3.63, 3.8) is 0 Å². The topological polar surface area (TPSA) is 47.1 Å². The van der Waals surface area contributed by atoms with Gasteiger partial charge in [-0.1, -0.05) is 0 Å². The minimum atomic E-state index is 0.454. The van der Waals surface area contributed by atoms with Gasteiger partial charge in [0.25, 0.3) is 0 Å². The molecular weight excluding hydrogens is 176 g/mol. The molecule has 1 heterocycles. The van der Waals surface area contributed by atoms with Gasteiger partial charge in [-0.25, -0.2) is 0 Å². The van der Waals surface area contributed by atoms with Crippen molar-refractivity contribution < 1.29 is 0 Å². The van der Waals surface area contributed by atoms with Crippen molar-refractivity contribution in [1.82, 2.24) is 9.78 Å². The Morgan fingerprint density at radius 3 is 2.50 bits per heavy atom. The quantitative estimate of drug-likeness (QED) is 0.785. The first-order chi connectivity index (χ1) is 6.49. The van der Waals surface area contributed by atoms with Crippen molar-refractivity contribution in [2.24, 2.45) is 12.8 Å². The Kier molecular flexibility index (Phi) is 3.16. The Labute approximate surface area is 85.7 Å². The summed E-state index contributed by atoms with van der Waals surface area (Å²) >= 11 is 0. The number of nitrogens with zero attached hydrogens (tertiary/aromatic N) is 3. The Morgan fingerprint density at radius 2 is 2.07 bits per heavy atom. The largest absolute Gasteiger partial charge is 0.357 e. The van der Waals surface area contributed by atoms with E-state index < -0.39 is 0 Å². The minimum Gasteiger partial charge on any atom is -0.357 e. The molecule has 0 saturated heterocycles. The molecule has 0 spiro atoms. The number of hydrogen-bond donors (Lipinski definition) is 1. The molecule has 0 atom stereocenters. The molecule has 1 aromatic heterocycles. The molecule has 0 saturated carbocycles. The summed E-state index contributed by atoms with van der Waals surface area (Å²) < 4.78 is 1.90. The summed E-state index contributed by atoms with van der Waals surface area (Å²) in [7, 11) is 4.03. The smallest absolute Gasteiger partial charge is 0.131 e. The van der Waals surface area contributed by atoms with E-state index in [2.05, 4.69) is 30.9 Å². The van der Waals surface area contributed by atoms with Gasteiger partial charge >= 0.3 is 0 Å². The summed E-state index contributed by atoms with van der Waals surface area (Å²) in [5, 5.41) is 4.38. The molecule has 4 nitrogen and oxygen atoms in total. The van der Waals surface area contributed by atoms with E-state index in [9.17, 15) is 0 Å². The van der Waals surface area contributed by atoms with Gasteiger partial charge in [0.15, 0.2) is 0 Å². The lowest BCUT2D eigenvalue weighted by atomic mass is 10.2. The van der Waals surface area contributed by atoms with Crippen LogP contribution in [0.4, 0.5) is 5.82 Å². The monoisotopic (exact) mass is 196 g/mol. The van der Waals surface area contributed by atoms with Crippen LogP contribution in [0.15, 0.2) is 0 Å². The van der Waals surface area contributed by atoms with Crippen LogP contribution >= 0.6 is 0 Å². The second-order valence-corrected chi connectivity index (χ2v) is 3.92. The van der Waals surface area contributed by atoms with Crippen LogP contribution < -0.4 is 10.6 Å². The summed E-state index contributed by atoms with van der Waals surface area (Å²) in [5.41, 5.74) is 7.89. The van der Waals surface area contributed by atoms with Gasteiger partial charge in [-0.3, -0.25) is 4.68 Å². The molecule has 0 radical (unpaired) electrons.